The second-order valence-electron chi connectivity index (χ2n) is 9.13. The Morgan fingerprint density at radius 3 is 2.71 bits per heavy atom. The Morgan fingerprint density at radius 2 is 1.92 bits per heavy atom. The number of ether oxygens (including phenoxy) is 1. The van der Waals surface area contributed by atoms with Crippen LogP contribution in [0.4, 0.5) is 17.2 Å². The quantitative estimate of drug-likeness (QED) is 0.167. The number of likely N-dealkylation sites (tertiary alicyclic amines) is 1. The minimum Gasteiger partial charge on any atom is -0.394 e. The minimum absolute atomic E-state index is 0.00920. The number of anilines is 3. The molecule has 0 aliphatic carbocycles. The molecule has 0 bridgehead atoms. The van der Waals surface area contributed by atoms with E-state index in [0.717, 1.165) is 27.6 Å². The second-order valence-corrected chi connectivity index (χ2v) is 9.13. The number of piperidine rings is 1. The summed E-state index contributed by atoms with van der Waals surface area (Å²) >= 11 is 0. The van der Waals surface area contributed by atoms with E-state index in [9.17, 15) is 9.59 Å². The van der Waals surface area contributed by atoms with Crippen molar-refractivity contribution in [3.8, 4) is 0 Å². The molecule has 0 saturated carbocycles. The van der Waals surface area contributed by atoms with E-state index in [-0.39, 0.29) is 25.0 Å². The monoisotopic (exact) mass is 516 g/mol. The van der Waals surface area contributed by atoms with Gasteiger partial charge < -0.3 is 30.7 Å². The number of aliphatic hydroxyl groups is 1. The van der Waals surface area contributed by atoms with Crippen LogP contribution in [0.25, 0.3) is 10.9 Å². The molecule has 1 aliphatic rings. The van der Waals surface area contributed by atoms with Crippen molar-refractivity contribution in [1.82, 2.24) is 20.2 Å². The Morgan fingerprint density at radius 1 is 1.08 bits per heavy atom. The van der Waals surface area contributed by atoms with E-state index in [1.807, 2.05) is 55.2 Å². The van der Waals surface area contributed by atoms with E-state index in [4.69, 9.17) is 9.84 Å². The summed E-state index contributed by atoms with van der Waals surface area (Å²) in [7, 11) is 2.03. The lowest BCUT2D eigenvalue weighted by Crippen LogP contribution is -2.42. The summed E-state index contributed by atoms with van der Waals surface area (Å²) in [4.78, 5) is 35.7. The van der Waals surface area contributed by atoms with E-state index in [1.165, 1.54) is 6.33 Å². The molecule has 198 valence electrons. The van der Waals surface area contributed by atoms with Crippen molar-refractivity contribution in [2.24, 2.45) is 0 Å². The molecule has 0 radical (unpaired) electrons. The number of carbonyl (C=O) groups excluding carboxylic acids is 2. The molecule has 1 saturated heterocycles. The van der Waals surface area contributed by atoms with Crippen LogP contribution in [0.5, 0.6) is 0 Å². The number of hydrogen-bond donors (Lipinski definition) is 4. The van der Waals surface area contributed by atoms with Gasteiger partial charge in [-0.1, -0.05) is 23.2 Å². The summed E-state index contributed by atoms with van der Waals surface area (Å²) in [5, 5.41) is 18.8. The molecule has 3 aromatic rings. The summed E-state index contributed by atoms with van der Waals surface area (Å²) in [6.45, 7) is 2.70. The summed E-state index contributed by atoms with van der Waals surface area (Å²) in [5.74, 6) is 0.497. The van der Waals surface area contributed by atoms with Gasteiger partial charge in [0, 0.05) is 42.5 Å². The first kappa shape index (κ1) is 27.2. The van der Waals surface area contributed by atoms with Crippen molar-refractivity contribution >= 4 is 53.2 Å². The fraction of sp³-hybridized carbons (Fsp3) is 0.333. The van der Waals surface area contributed by atoms with Gasteiger partial charge in [-0.05, 0) is 43.2 Å². The van der Waals surface area contributed by atoms with E-state index < -0.39 is 0 Å². The highest BCUT2D eigenvalue weighted by Gasteiger charge is 2.19. The number of hydrogen-bond acceptors (Lipinski definition) is 8. The molecule has 10 nitrogen and oxygen atoms in total. The van der Waals surface area contributed by atoms with Gasteiger partial charge in [-0.25, -0.2) is 9.97 Å². The van der Waals surface area contributed by atoms with Crippen LogP contribution in [-0.2, 0) is 14.3 Å². The molecule has 0 unspecified atom stereocenters. The van der Waals surface area contributed by atoms with Gasteiger partial charge >= 0.3 is 0 Å². The minimum atomic E-state index is -0.200. The summed E-state index contributed by atoms with van der Waals surface area (Å²) in [6, 6.07) is 13.6. The fourth-order valence-electron chi connectivity index (χ4n) is 4.26. The Balaban J connectivity index is 1.30. The fourth-order valence-corrected chi connectivity index (χ4v) is 4.26. The zero-order valence-electron chi connectivity index (χ0n) is 21.6. The largest absolute Gasteiger partial charge is 0.394 e. The van der Waals surface area contributed by atoms with E-state index in [2.05, 4.69) is 25.9 Å². The van der Waals surface area contributed by atoms with E-state index in [0.29, 0.717) is 57.2 Å². The molecular formula is C27H33BN6O4. The van der Waals surface area contributed by atoms with Crippen LogP contribution in [0.3, 0.4) is 0 Å². The zero-order valence-corrected chi connectivity index (χ0v) is 21.6. The van der Waals surface area contributed by atoms with Gasteiger partial charge in [0.15, 0.2) is 0 Å². The van der Waals surface area contributed by atoms with Crippen LogP contribution in [0.1, 0.15) is 12.8 Å². The van der Waals surface area contributed by atoms with Gasteiger partial charge in [0.05, 0.1) is 31.9 Å². The van der Waals surface area contributed by atoms with Gasteiger partial charge in [-0.2, -0.15) is 0 Å². The van der Waals surface area contributed by atoms with Crippen LogP contribution < -0.4 is 21.4 Å². The summed E-state index contributed by atoms with van der Waals surface area (Å²) in [6.07, 6.45) is 4.48. The SMILES string of the molecule is Bc1cccc(Nc2ncnc3ccc(NC(=O)C=C4CCN(C(=O)CNCCOCCO)CC4)cc23)c1. The van der Waals surface area contributed by atoms with E-state index in [1.54, 1.807) is 6.08 Å². The number of aliphatic hydroxyl groups excluding tert-OH is 1. The first-order valence-corrected chi connectivity index (χ1v) is 12.8. The molecule has 1 fully saturated rings. The number of benzene rings is 2. The molecular weight excluding hydrogens is 483 g/mol. The maximum atomic E-state index is 12.7. The zero-order chi connectivity index (χ0) is 26.7. The highest BCUT2D eigenvalue weighted by molar-refractivity contribution is 6.32. The summed E-state index contributed by atoms with van der Waals surface area (Å²) < 4.78 is 5.17. The Labute approximate surface area is 222 Å². The maximum absolute atomic E-state index is 12.7. The molecule has 0 atom stereocenters. The van der Waals surface area contributed by atoms with Crippen molar-refractivity contribution in [1.29, 1.82) is 0 Å². The standard InChI is InChI=1S/C27H33BN6O4/c28-20-2-1-3-21(15-20)33-27-23-16-22(4-5-24(23)30-18-31-27)32-25(36)14-19-6-9-34(10-7-19)26(37)17-29-8-12-38-13-11-35/h1-5,14-16,18,29,35H,6-13,17,28H2,(H,32,36)(H,30,31,33). The van der Waals surface area contributed by atoms with Crippen molar-refractivity contribution in [3.05, 3.63) is 60.4 Å². The van der Waals surface area contributed by atoms with Crippen molar-refractivity contribution in [2.45, 2.75) is 12.8 Å². The van der Waals surface area contributed by atoms with Crippen LogP contribution in [0.15, 0.2) is 60.4 Å². The number of nitrogens with one attached hydrogen (secondary N) is 3. The molecule has 2 aromatic carbocycles. The Hall–Kier alpha value is -3.80. The first-order chi connectivity index (χ1) is 18.5. The number of carbonyl (C=O) groups is 2. The normalized spacial score (nSPS) is 13.4. The highest BCUT2D eigenvalue weighted by Crippen LogP contribution is 2.26. The average Bonchev–Trinajstić information content (AvgIpc) is 2.91. The smallest absolute Gasteiger partial charge is 0.248 e. The highest BCUT2D eigenvalue weighted by atomic mass is 16.5. The number of rotatable bonds is 11. The molecule has 4 rings (SSSR count). The van der Waals surface area contributed by atoms with Gasteiger partial charge in [0.25, 0.3) is 0 Å². The topological polar surface area (TPSA) is 129 Å². The van der Waals surface area contributed by atoms with Gasteiger partial charge in [0.2, 0.25) is 11.8 Å². The van der Waals surface area contributed by atoms with Crippen LogP contribution in [0.2, 0.25) is 0 Å². The third-order valence-corrected chi connectivity index (χ3v) is 6.21. The van der Waals surface area contributed by atoms with Gasteiger partial charge in [0.1, 0.15) is 20.0 Å². The maximum Gasteiger partial charge on any atom is 0.248 e. The molecule has 4 N–H and O–H groups in total. The lowest BCUT2D eigenvalue weighted by atomic mass is 9.96. The predicted octanol–water partition coefficient (Wildman–Crippen LogP) is 0.718. The molecule has 1 aromatic heterocycles. The number of nitrogens with zero attached hydrogens (tertiary/aromatic N) is 3. The number of fused-ring (bicyclic) bond motifs is 1. The van der Waals surface area contributed by atoms with Gasteiger partial charge in [-0.3, -0.25) is 9.59 Å². The third kappa shape index (κ3) is 7.85. The Bertz CT molecular complexity index is 1290. The second kappa shape index (κ2) is 13.7. The van der Waals surface area contributed by atoms with Crippen molar-refractivity contribution < 1.29 is 19.4 Å². The number of aromatic nitrogens is 2. The molecule has 11 heteroatoms. The molecule has 2 heterocycles. The van der Waals surface area contributed by atoms with Crippen molar-refractivity contribution in [2.75, 3.05) is 56.6 Å². The number of amides is 2. The lowest BCUT2D eigenvalue weighted by Gasteiger charge is -2.28. The third-order valence-electron chi connectivity index (χ3n) is 6.21. The molecule has 38 heavy (non-hydrogen) atoms. The first-order valence-electron chi connectivity index (χ1n) is 12.8. The lowest BCUT2D eigenvalue weighted by molar-refractivity contribution is -0.130. The summed E-state index contributed by atoms with van der Waals surface area (Å²) in [5.41, 5.74) is 4.51. The molecule has 0 spiro atoms. The van der Waals surface area contributed by atoms with Crippen molar-refractivity contribution in [3.63, 3.8) is 0 Å². The average molecular weight is 516 g/mol. The molecule has 2 amide bonds. The van der Waals surface area contributed by atoms with Crippen LogP contribution in [-0.4, -0.2) is 85.6 Å². The molecule has 1 aliphatic heterocycles. The van der Waals surface area contributed by atoms with Gasteiger partial charge in [-0.15, -0.1) is 0 Å². The Kier molecular flexibility index (Phi) is 9.80. The predicted molar refractivity (Wildman–Crippen MR) is 151 cm³/mol. The van der Waals surface area contributed by atoms with E-state index >= 15 is 0 Å². The van der Waals surface area contributed by atoms with Crippen LogP contribution >= 0.6 is 0 Å². The van der Waals surface area contributed by atoms with Crippen LogP contribution in [0, 0.1) is 0 Å².